The van der Waals surface area contributed by atoms with E-state index in [0.29, 0.717) is 18.9 Å². The molecule has 0 aliphatic heterocycles. The van der Waals surface area contributed by atoms with E-state index in [0.717, 1.165) is 0 Å². The molecule has 5 nitrogen and oxygen atoms in total. The summed E-state index contributed by atoms with van der Waals surface area (Å²) in [6, 6.07) is 0. The number of ether oxygens (including phenoxy) is 2. The molecule has 1 aromatic rings. The fraction of sp³-hybridized carbons (Fsp3) is 0.818. The van der Waals surface area contributed by atoms with E-state index in [-0.39, 0.29) is 13.0 Å². The lowest BCUT2D eigenvalue weighted by Gasteiger charge is -2.13. The summed E-state index contributed by atoms with van der Waals surface area (Å²) in [5.41, 5.74) is 0.468. The van der Waals surface area contributed by atoms with Gasteiger partial charge in [0.15, 0.2) is 0 Å². The molecule has 0 unspecified atom stereocenters. The molecule has 0 spiro atoms. The number of hydrogen-bond donors (Lipinski definition) is 0. The Morgan fingerprint density at radius 2 is 1.89 bits per heavy atom. The van der Waals surface area contributed by atoms with Gasteiger partial charge in [0.05, 0.1) is 6.20 Å². The zero-order valence-electron chi connectivity index (χ0n) is 11.0. The highest BCUT2D eigenvalue weighted by Gasteiger charge is 2.26. The Morgan fingerprint density at radius 1 is 1.26 bits per heavy atom. The summed E-state index contributed by atoms with van der Waals surface area (Å²) in [7, 11) is 0. The van der Waals surface area contributed by atoms with Gasteiger partial charge in [-0.05, 0) is 20.3 Å². The van der Waals surface area contributed by atoms with Crippen molar-refractivity contribution in [1.82, 2.24) is 15.0 Å². The maximum Gasteiger partial charge on any atom is 0.389 e. The van der Waals surface area contributed by atoms with Gasteiger partial charge in [0.2, 0.25) is 6.29 Å². The molecule has 0 saturated carbocycles. The van der Waals surface area contributed by atoms with Gasteiger partial charge in [-0.2, -0.15) is 13.2 Å². The Bertz CT molecular complexity index is 362. The Kier molecular flexibility index (Phi) is 6.23. The third-order valence-electron chi connectivity index (χ3n) is 2.28. The highest BCUT2D eigenvalue weighted by Crippen LogP contribution is 2.22. The lowest BCUT2D eigenvalue weighted by atomic mass is 10.3. The van der Waals surface area contributed by atoms with Crippen molar-refractivity contribution in [3.8, 4) is 0 Å². The molecule has 8 heteroatoms. The van der Waals surface area contributed by atoms with Crippen LogP contribution in [0.15, 0.2) is 6.20 Å². The molecule has 1 rings (SSSR count). The topological polar surface area (TPSA) is 49.2 Å². The predicted molar refractivity (Wildman–Crippen MR) is 61.3 cm³/mol. The van der Waals surface area contributed by atoms with E-state index in [1.54, 1.807) is 6.20 Å². The van der Waals surface area contributed by atoms with Gasteiger partial charge in [0.1, 0.15) is 5.69 Å². The van der Waals surface area contributed by atoms with Crippen LogP contribution in [0.5, 0.6) is 0 Å². The SMILES string of the molecule is CCOC(OCC)c1cn(CCCC(F)(F)F)nn1. The third kappa shape index (κ3) is 6.02. The fourth-order valence-electron chi connectivity index (χ4n) is 1.49. The molecule has 0 atom stereocenters. The molecular formula is C11H18F3N3O2. The Hall–Kier alpha value is -1.15. The summed E-state index contributed by atoms with van der Waals surface area (Å²) < 4.78 is 48.0. The standard InChI is InChI=1S/C11H18F3N3O2/c1-3-18-10(19-4-2)9-8-17(16-15-9)7-5-6-11(12,13)14/h8,10H,3-7H2,1-2H3. The molecule has 1 heterocycles. The largest absolute Gasteiger partial charge is 0.389 e. The smallest absolute Gasteiger partial charge is 0.347 e. The normalized spacial score (nSPS) is 12.3. The fourth-order valence-corrected chi connectivity index (χ4v) is 1.49. The summed E-state index contributed by atoms with van der Waals surface area (Å²) in [4.78, 5) is 0. The lowest BCUT2D eigenvalue weighted by Crippen LogP contribution is -2.10. The van der Waals surface area contributed by atoms with Crippen molar-refractivity contribution in [3.05, 3.63) is 11.9 Å². The molecule has 0 aliphatic rings. The summed E-state index contributed by atoms with van der Waals surface area (Å²) in [6.45, 7) is 4.70. The molecule has 110 valence electrons. The van der Waals surface area contributed by atoms with Crippen LogP contribution in [0, 0.1) is 0 Å². The van der Waals surface area contributed by atoms with E-state index < -0.39 is 18.9 Å². The van der Waals surface area contributed by atoms with E-state index in [9.17, 15) is 13.2 Å². The summed E-state index contributed by atoms with van der Waals surface area (Å²) in [6.07, 6.45) is -4.07. The number of aromatic nitrogens is 3. The van der Waals surface area contributed by atoms with Crippen LogP contribution < -0.4 is 0 Å². The summed E-state index contributed by atoms with van der Waals surface area (Å²) in [5.74, 6) is 0. The quantitative estimate of drug-likeness (QED) is 0.687. The molecule has 0 amide bonds. The van der Waals surface area contributed by atoms with Crippen LogP contribution in [-0.4, -0.2) is 34.4 Å². The molecule has 0 radical (unpaired) electrons. The van der Waals surface area contributed by atoms with E-state index >= 15 is 0 Å². The molecule has 0 aliphatic carbocycles. The zero-order chi connectivity index (χ0) is 14.3. The lowest BCUT2D eigenvalue weighted by molar-refractivity contribution is -0.142. The van der Waals surface area contributed by atoms with Crippen LogP contribution >= 0.6 is 0 Å². The van der Waals surface area contributed by atoms with E-state index in [2.05, 4.69) is 10.3 Å². The minimum atomic E-state index is -4.14. The van der Waals surface area contributed by atoms with Crippen molar-refractivity contribution in [2.24, 2.45) is 0 Å². The van der Waals surface area contributed by atoms with Crippen LogP contribution in [0.3, 0.4) is 0 Å². The monoisotopic (exact) mass is 281 g/mol. The first kappa shape index (κ1) is 15.9. The Morgan fingerprint density at radius 3 is 2.42 bits per heavy atom. The minimum absolute atomic E-state index is 0.0275. The van der Waals surface area contributed by atoms with Gasteiger partial charge in [-0.1, -0.05) is 5.21 Å². The first-order valence-electron chi connectivity index (χ1n) is 6.16. The van der Waals surface area contributed by atoms with Gasteiger partial charge in [0.25, 0.3) is 0 Å². The van der Waals surface area contributed by atoms with Crippen molar-refractivity contribution < 1.29 is 22.6 Å². The van der Waals surface area contributed by atoms with Gasteiger partial charge in [-0.3, -0.25) is 4.68 Å². The van der Waals surface area contributed by atoms with Crippen LogP contribution in [0.4, 0.5) is 13.2 Å². The molecular weight excluding hydrogens is 263 g/mol. The minimum Gasteiger partial charge on any atom is -0.347 e. The van der Waals surface area contributed by atoms with Crippen LogP contribution in [0.1, 0.15) is 38.7 Å². The second kappa shape index (κ2) is 7.44. The molecule has 1 aromatic heterocycles. The number of aryl methyl sites for hydroxylation is 1. The molecule has 0 saturated heterocycles. The Balaban J connectivity index is 2.50. The third-order valence-corrected chi connectivity index (χ3v) is 2.28. The first-order chi connectivity index (χ1) is 8.96. The number of nitrogens with zero attached hydrogens (tertiary/aromatic N) is 3. The molecule has 19 heavy (non-hydrogen) atoms. The summed E-state index contributed by atoms with van der Waals surface area (Å²) in [5, 5.41) is 7.61. The number of halogens is 3. The predicted octanol–water partition coefficient (Wildman–Crippen LogP) is 2.69. The number of rotatable bonds is 8. The van der Waals surface area contributed by atoms with Crippen molar-refractivity contribution in [3.63, 3.8) is 0 Å². The van der Waals surface area contributed by atoms with E-state index in [1.807, 2.05) is 13.8 Å². The Labute approximate surface area is 109 Å². The van der Waals surface area contributed by atoms with Gasteiger partial charge < -0.3 is 9.47 Å². The average molecular weight is 281 g/mol. The molecule has 0 fully saturated rings. The second-order valence-electron chi connectivity index (χ2n) is 3.87. The molecule has 0 bridgehead atoms. The van der Waals surface area contributed by atoms with E-state index in [1.165, 1.54) is 4.68 Å². The zero-order valence-corrected chi connectivity index (χ0v) is 11.0. The summed E-state index contributed by atoms with van der Waals surface area (Å²) >= 11 is 0. The van der Waals surface area contributed by atoms with Gasteiger partial charge in [0, 0.05) is 26.2 Å². The average Bonchev–Trinajstić information content (AvgIpc) is 2.76. The highest BCUT2D eigenvalue weighted by molar-refractivity contribution is 4.94. The van der Waals surface area contributed by atoms with Crippen molar-refractivity contribution in [2.45, 2.75) is 45.7 Å². The van der Waals surface area contributed by atoms with Crippen molar-refractivity contribution in [2.75, 3.05) is 13.2 Å². The molecule has 0 N–H and O–H groups in total. The van der Waals surface area contributed by atoms with Gasteiger partial charge in [-0.25, -0.2) is 0 Å². The maximum atomic E-state index is 12.0. The van der Waals surface area contributed by atoms with Crippen LogP contribution in [0.25, 0.3) is 0 Å². The molecule has 0 aromatic carbocycles. The first-order valence-corrected chi connectivity index (χ1v) is 6.16. The van der Waals surface area contributed by atoms with Gasteiger partial charge in [-0.15, -0.1) is 5.10 Å². The van der Waals surface area contributed by atoms with Crippen LogP contribution in [0.2, 0.25) is 0 Å². The van der Waals surface area contributed by atoms with Crippen molar-refractivity contribution in [1.29, 1.82) is 0 Å². The van der Waals surface area contributed by atoms with E-state index in [4.69, 9.17) is 9.47 Å². The highest BCUT2D eigenvalue weighted by atomic mass is 19.4. The van der Waals surface area contributed by atoms with Crippen molar-refractivity contribution >= 4 is 0 Å². The van der Waals surface area contributed by atoms with Crippen LogP contribution in [-0.2, 0) is 16.0 Å². The van der Waals surface area contributed by atoms with Gasteiger partial charge >= 0.3 is 6.18 Å². The number of alkyl halides is 3. The maximum absolute atomic E-state index is 12.0. The number of hydrogen-bond acceptors (Lipinski definition) is 4. The second-order valence-corrected chi connectivity index (χ2v) is 3.87.